The summed E-state index contributed by atoms with van der Waals surface area (Å²) in [6.45, 7) is 0.240. The van der Waals surface area contributed by atoms with E-state index in [4.69, 9.17) is 11.2 Å². The van der Waals surface area contributed by atoms with Gasteiger partial charge in [0.05, 0.1) is 11.3 Å². The van der Waals surface area contributed by atoms with Crippen LogP contribution in [0.1, 0.15) is 21.7 Å². The molecule has 3 nitrogen and oxygen atoms in total. The molecule has 1 aromatic rings. The Hall–Kier alpha value is -1.82. The summed E-state index contributed by atoms with van der Waals surface area (Å²) in [5, 5.41) is 0. The fourth-order valence-corrected chi connectivity index (χ4v) is 1.09. The van der Waals surface area contributed by atoms with Gasteiger partial charge in [0.2, 0.25) is 0 Å². The Labute approximate surface area is 69.4 Å². The number of cyclic esters (lactones) is 1. The zero-order valence-electron chi connectivity index (χ0n) is 6.20. The van der Waals surface area contributed by atoms with E-state index < -0.39 is 0 Å². The molecule has 0 fully saturated rings. The van der Waals surface area contributed by atoms with Crippen molar-refractivity contribution in [3.63, 3.8) is 0 Å². The molecule has 0 N–H and O–H groups in total. The SMILES string of the molecule is C#Cc1ccc2c(n1)COC2=O. The first kappa shape index (κ1) is 6.86. The molecule has 0 aromatic carbocycles. The van der Waals surface area contributed by atoms with Crippen LogP contribution in [-0.2, 0) is 11.3 Å². The first-order chi connectivity index (χ1) is 5.81. The summed E-state index contributed by atoms with van der Waals surface area (Å²) in [4.78, 5) is 15.0. The van der Waals surface area contributed by atoms with Crippen LogP contribution < -0.4 is 0 Å². The maximum atomic E-state index is 11.0. The summed E-state index contributed by atoms with van der Waals surface area (Å²) in [6, 6.07) is 3.28. The number of terminal acetylenes is 1. The van der Waals surface area contributed by atoms with Crippen molar-refractivity contribution in [1.82, 2.24) is 4.98 Å². The highest BCUT2D eigenvalue weighted by atomic mass is 16.5. The lowest BCUT2D eigenvalue weighted by molar-refractivity contribution is 0.0533. The van der Waals surface area contributed by atoms with E-state index in [1.54, 1.807) is 12.1 Å². The van der Waals surface area contributed by atoms with Gasteiger partial charge in [0.15, 0.2) is 0 Å². The van der Waals surface area contributed by atoms with E-state index >= 15 is 0 Å². The maximum Gasteiger partial charge on any atom is 0.340 e. The Balaban J connectivity index is 2.57. The molecule has 12 heavy (non-hydrogen) atoms. The molecule has 0 saturated heterocycles. The molecule has 1 aromatic heterocycles. The molecule has 0 spiro atoms. The quantitative estimate of drug-likeness (QED) is 0.414. The highest BCUT2D eigenvalue weighted by molar-refractivity contribution is 5.92. The molecule has 3 heteroatoms. The van der Waals surface area contributed by atoms with Crippen LogP contribution in [0.25, 0.3) is 0 Å². The van der Waals surface area contributed by atoms with Crippen LogP contribution in [-0.4, -0.2) is 11.0 Å². The highest BCUT2D eigenvalue weighted by Gasteiger charge is 2.21. The van der Waals surface area contributed by atoms with Crippen LogP contribution in [0.5, 0.6) is 0 Å². The molecule has 0 saturated carbocycles. The standard InChI is InChI=1S/C9H5NO2/c1-2-6-3-4-7-8(10-6)5-12-9(7)11/h1,3-4H,5H2. The maximum absolute atomic E-state index is 11.0. The average Bonchev–Trinajstić information content (AvgIpc) is 2.47. The topological polar surface area (TPSA) is 39.2 Å². The van der Waals surface area contributed by atoms with E-state index in [9.17, 15) is 4.79 Å². The van der Waals surface area contributed by atoms with Crippen molar-refractivity contribution in [2.24, 2.45) is 0 Å². The molecule has 0 aliphatic carbocycles. The summed E-state index contributed by atoms with van der Waals surface area (Å²) in [5.74, 6) is 2.08. The van der Waals surface area contributed by atoms with Crippen LogP contribution in [0.4, 0.5) is 0 Å². The largest absolute Gasteiger partial charge is 0.456 e. The first-order valence-corrected chi connectivity index (χ1v) is 3.45. The number of hydrogen-bond acceptors (Lipinski definition) is 3. The van der Waals surface area contributed by atoms with Gasteiger partial charge in [-0.25, -0.2) is 9.78 Å². The van der Waals surface area contributed by atoms with Crippen LogP contribution in [0.3, 0.4) is 0 Å². The first-order valence-electron chi connectivity index (χ1n) is 3.45. The van der Waals surface area contributed by atoms with E-state index in [1.165, 1.54) is 0 Å². The Morgan fingerprint density at radius 1 is 1.58 bits per heavy atom. The minimum absolute atomic E-state index is 0.240. The summed E-state index contributed by atoms with van der Waals surface area (Å²) in [6.07, 6.45) is 5.14. The molecule has 2 heterocycles. The molecule has 0 atom stereocenters. The zero-order valence-corrected chi connectivity index (χ0v) is 6.20. The van der Waals surface area contributed by atoms with Crippen LogP contribution in [0, 0.1) is 12.3 Å². The molecule has 0 radical (unpaired) electrons. The molecule has 1 aliphatic rings. The minimum atomic E-state index is -0.318. The van der Waals surface area contributed by atoms with Gasteiger partial charge in [0.25, 0.3) is 0 Å². The van der Waals surface area contributed by atoms with Gasteiger partial charge < -0.3 is 4.74 Å². The lowest BCUT2D eigenvalue weighted by Crippen LogP contribution is -1.95. The molecule has 0 bridgehead atoms. The monoisotopic (exact) mass is 159 g/mol. The number of ether oxygens (including phenoxy) is 1. The third kappa shape index (κ3) is 0.857. The van der Waals surface area contributed by atoms with Crippen molar-refractivity contribution in [1.29, 1.82) is 0 Å². The van der Waals surface area contributed by atoms with Gasteiger partial charge in [-0.15, -0.1) is 6.42 Å². The lowest BCUT2D eigenvalue weighted by atomic mass is 10.2. The second-order valence-electron chi connectivity index (χ2n) is 2.41. The third-order valence-corrected chi connectivity index (χ3v) is 1.68. The molecule has 1 aliphatic heterocycles. The second-order valence-corrected chi connectivity index (χ2v) is 2.41. The number of esters is 1. The van der Waals surface area contributed by atoms with Gasteiger partial charge in [-0.05, 0) is 12.1 Å². The fraction of sp³-hybridized carbons (Fsp3) is 0.111. The van der Waals surface area contributed by atoms with Gasteiger partial charge in [0.1, 0.15) is 12.3 Å². The van der Waals surface area contributed by atoms with E-state index in [2.05, 4.69) is 10.9 Å². The van der Waals surface area contributed by atoms with Crippen molar-refractivity contribution in [2.75, 3.05) is 0 Å². The lowest BCUT2D eigenvalue weighted by Gasteiger charge is -1.92. The number of pyridine rings is 1. The van der Waals surface area contributed by atoms with E-state index in [1.807, 2.05) is 0 Å². The van der Waals surface area contributed by atoms with Gasteiger partial charge in [0, 0.05) is 0 Å². The summed E-state index contributed by atoms with van der Waals surface area (Å²) < 4.78 is 4.75. The fourth-order valence-electron chi connectivity index (χ4n) is 1.09. The van der Waals surface area contributed by atoms with Gasteiger partial charge in [-0.3, -0.25) is 0 Å². The van der Waals surface area contributed by atoms with Crippen LogP contribution in [0.2, 0.25) is 0 Å². The number of carbonyl (C=O) groups is 1. The molecular weight excluding hydrogens is 154 g/mol. The van der Waals surface area contributed by atoms with E-state index in [-0.39, 0.29) is 12.6 Å². The number of nitrogens with zero attached hydrogens (tertiary/aromatic N) is 1. The van der Waals surface area contributed by atoms with Gasteiger partial charge in [-0.1, -0.05) is 5.92 Å². The Kier molecular flexibility index (Phi) is 1.34. The zero-order chi connectivity index (χ0) is 8.55. The molecule has 0 unspecified atom stereocenters. The number of aromatic nitrogens is 1. The molecule has 0 amide bonds. The van der Waals surface area contributed by atoms with Crippen LogP contribution in [0.15, 0.2) is 12.1 Å². The predicted molar refractivity (Wildman–Crippen MR) is 41.3 cm³/mol. The Bertz CT molecular complexity index is 390. The minimum Gasteiger partial charge on any atom is -0.456 e. The van der Waals surface area contributed by atoms with Crippen LogP contribution >= 0.6 is 0 Å². The van der Waals surface area contributed by atoms with Crippen molar-refractivity contribution in [2.45, 2.75) is 6.61 Å². The van der Waals surface area contributed by atoms with E-state index in [0.717, 1.165) is 0 Å². The normalized spacial score (nSPS) is 13.4. The smallest absolute Gasteiger partial charge is 0.340 e. The second kappa shape index (κ2) is 2.35. The molecule has 2 rings (SSSR count). The number of fused-ring (bicyclic) bond motifs is 1. The molecule has 58 valence electrons. The third-order valence-electron chi connectivity index (χ3n) is 1.68. The van der Waals surface area contributed by atoms with Gasteiger partial charge >= 0.3 is 5.97 Å². The van der Waals surface area contributed by atoms with Crippen molar-refractivity contribution in [3.05, 3.63) is 29.1 Å². The Morgan fingerprint density at radius 3 is 3.17 bits per heavy atom. The molecular formula is C9H5NO2. The number of carbonyl (C=O) groups excluding carboxylic acids is 1. The number of hydrogen-bond donors (Lipinski definition) is 0. The van der Waals surface area contributed by atoms with Crippen molar-refractivity contribution in [3.8, 4) is 12.3 Å². The summed E-state index contributed by atoms with van der Waals surface area (Å²) >= 11 is 0. The highest BCUT2D eigenvalue weighted by Crippen LogP contribution is 2.17. The summed E-state index contributed by atoms with van der Waals surface area (Å²) in [7, 11) is 0. The predicted octanol–water partition coefficient (Wildman–Crippen LogP) is 0.733. The Morgan fingerprint density at radius 2 is 2.42 bits per heavy atom. The average molecular weight is 159 g/mol. The number of rotatable bonds is 0. The van der Waals surface area contributed by atoms with Gasteiger partial charge in [-0.2, -0.15) is 0 Å². The van der Waals surface area contributed by atoms with Crippen molar-refractivity contribution < 1.29 is 9.53 Å². The van der Waals surface area contributed by atoms with E-state index in [0.29, 0.717) is 17.0 Å². The van der Waals surface area contributed by atoms with Crippen molar-refractivity contribution >= 4 is 5.97 Å². The summed E-state index contributed by atoms with van der Waals surface area (Å²) in [5.41, 5.74) is 1.69.